The number of hydrogen-bond acceptors (Lipinski definition) is 2. The van der Waals surface area contributed by atoms with Crippen LogP contribution in [0.1, 0.15) is 44.0 Å². The van der Waals surface area contributed by atoms with Crippen molar-refractivity contribution in [3.05, 3.63) is 28.8 Å². The maximum atomic E-state index is 12.6. The van der Waals surface area contributed by atoms with Gasteiger partial charge >= 0.3 is 0 Å². The van der Waals surface area contributed by atoms with Crippen LogP contribution in [0.5, 0.6) is 0 Å². The van der Waals surface area contributed by atoms with Gasteiger partial charge in [-0.1, -0.05) is 24.9 Å². The third-order valence-electron chi connectivity index (χ3n) is 3.03. The molecular formula is C15H23ClN2O. The first-order valence-electron chi connectivity index (χ1n) is 6.96. The number of anilines is 1. The fourth-order valence-corrected chi connectivity index (χ4v) is 2.13. The summed E-state index contributed by atoms with van der Waals surface area (Å²) in [4.78, 5) is 14.4. The number of amides is 1. The molecule has 0 aliphatic heterocycles. The van der Waals surface area contributed by atoms with E-state index in [-0.39, 0.29) is 5.91 Å². The molecule has 3 nitrogen and oxygen atoms in total. The number of rotatable bonds is 7. The van der Waals surface area contributed by atoms with Crippen molar-refractivity contribution in [1.29, 1.82) is 0 Å². The largest absolute Gasteiger partial charge is 0.385 e. The lowest BCUT2D eigenvalue weighted by atomic mass is 10.1. The fourth-order valence-electron chi connectivity index (χ4n) is 1.96. The Kier molecular flexibility index (Phi) is 6.71. The normalized spacial score (nSPS) is 10.3. The molecule has 106 valence electrons. The molecule has 0 aliphatic rings. The molecule has 1 aromatic rings. The molecule has 0 saturated carbocycles. The van der Waals surface area contributed by atoms with Gasteiger partial charge in [0.15, 0.2) is 0 Å². The van der Waals surface area contributed by atoms with Gasteiger partial charge in [0.05, 0.1) is 5.56 Å². The van der Waals surface area contributed by atoms with E-state index in [4.69, 9.17) is 11.6 Å². The average molecular weight is 283 g/mol. The van der Waals surface area contributed by atoms with Gasteiger partial charge in [0, 0.05) is 30.3 Å². The third-order valence-corrected chi connectivity index (χ3v) is 3.26. The zero-order valence-corrected chi connectivity index (χ0v) is 12.8. The van der Waals surface area contributed by atoms with Crippen molar-refractivity contribution in [3.8, 4) is 0 Å². The van der Waals surface area contributed by atoms with Crippen molar-refractivity contribution in [1.82, 2.24) is 4.90 Å². The van der Waals surface area contributed by atoms with Crippen molar-refractivity contribution in [2.75, 3.05) is 25.0 Å². The molecule has 1 amide bonds. The molecule has 1 aromatic carbocycles. The summed E-state index contributed by atoms with van der Waals surface area (Å²) in [5.74, 6) is 0.0504. The number of unbranched alkanes of at least 4 members (excludes halogenated alkanes) is 1. The van der Waals surface area contributed by atoms with Crippen LogP contribution in [0.3, 0.4) is 0 Å². The molecule has 0 unspecified atom stereocenters. The van der Waals surface area contributed by atoms with Gasteiger partial charge in [0.2, 0.25) is 0 Å². The average Bonchev–Trinajstić information content (AvgIpc) is 2.41. The minimum Gasteiger partial charge on any atom is -0.385 e. The van der Waals surface area contributed by atoms with E-state index in [0.29, 0.717) is 10.6 Å². The molecule has 0 aromatic heterocycles. The second-order valence-electron chi connectivity index (χ2n) is 4.46. The Balaban J connectivity index is 2.98. The summed E-state index contributed by atoms with van der Waals surface area (Å²) in [5.41, 5.74) is 1.51. The predicted octanol–water partition coefficient (Wildman–Crippen LogP) is 4.03. The molecule has 0 aliphatic carbocycles. The topological polar surface area (TPSA) is 32.3 Å². The van der Waals surface area contributed by atoms with Gasteiger partial charge in [-0.2, -0.15) is 0 Å². The summed E-state index contributed by atoms with van der Waals surface area (Å²) in [5, 5.41) is 3.81. The summed E-state index contributed by atoms with van der Waals surface area (Å²) < 4.78 is 0. The van der Waals surface area contributed by atoms with E-state index in [1.54, 1.807) is 12.1 Å². The Bertz CT molecular complexity index is 421. The van der Waals surface area contributed by atoms with Crippen LogP contribution in [0.4, 0.5) is 5.69 Å². The maximum absolute atomic E-state index is 12.6. The number of carbonyl (C=O) groups is 1. The highest BCUT2D eigenvalue weighted by atomic mass is 35.5. The van der Waals surface area contributed by atoms with Crippen LogP contribution in [0.2, 0.25) is 5.02 Å². The second kappa shape index (κ2) is 8.05. The van der Waals surface area contributed by atoms with Gasteiger partial charge in [-0.3, -0.25) is 4.79 Å². The lowest BCUT2D eigenvalue weighted by Crippen LogP contribution is -2.32. The molecule has 0 saturated heterocycles. The smallest absolute Gasteiger partial charge is 0.255 e. The highest BCUT2D eigenvalue weighted by Gasteiger charge is 2.17. The SMILES string of the molecule is CCCCN(CC)C(=O)c1cc(Cl)ccc1NCC. The minimum absolute atomic E-state index is 0.0504. The summed E-state index contributed by atoms with van der Waals surface area (Å²) in [6.45, 7) is 8.44. The molecule has 19 heavy (non-hydrogen) atoms. The number of benzene rings is 1. The molecular weight excluding hydrogens is 260 g/mol. The van der Waals surface area contributed by atoms with Gasteiger partial charge in [-0.15, -0.1) is 0 Å². The molecule has 0 heterocycles. The fraction of sp³-hybridized carbons (Fsp3) is 0.533. The molecule has 0 radical (unpaired) electrons. The van der Waals surface area contributed by atoms with Crippen molar-refractivity contribution in [2.24, 2.45) is 0 Å². The van der Waals surface area contributed by atoms with Crippen LogP contribution >= 0.6 is 11.6 Å². The minimum atomic E-state index is 0.0504. The van der Waals surface area contributed by atoms with E-state index in [9.17, 15) is 4.79 Å². The summed E-state index contributed by atoms with van der Waals surface area (Å²) >= 11 is 6.01. The van der Waals surface area contributed by atoms with Gasteiger partial charge in [0.25, 0.3) is 5.91 Å². The van der Waals surface area contributed by atoms with Gasteiger partial charge in [0.1, 0.15) is 0 Å². The van der Waals surface area contributed by atoms with Crippen LogP contribution in [0.25, 0.3) is 0 Å². The van der Waals surface area contributed by atoms with E-state index in [0.717, 1.165) is 38.2 Å². The molecule has 0 spiro atoms. The van der Waals surface area contributed by atoms with Gasteiger partial charge in [-0.05, 0) is 38.5 Å². The maximum Gasteiger partial charge on any atom is 0.255 e. The Morgan fingerprint density at radius 2 is 2.05 bits per heavy atom. The van der Waals surface area contributed by atoms with Crippen LogP contribution in [-0.4, -0.2) is 30.4 Å². The van der Waals surface area contributed by atoms with E-state index in [1.807, 2.05) is 24.8 Å². The van der Waals surface area contributed by atoms with Crippen LogP contribution in [0, 0.1) is 0 Å². The third kappa shape index (κ3) is 4.43. The number of nitrogens with zero attached hydrogens (tertiary/aromatic N) is 1. The van der Waals surface area contributed by atoms with Gasteiger partial charge in [-0.25, -0.2) is 0 Å². The quantitative estimate of drug-likeness (QED) is 0.819. The van der Waals surface area contributed by atoms with E-state index < -0.39 is 0 Å². The molecule has 4 heteroatoms. The first kappa shape index (κ1) is 15.8. The highest BCUT2D eigenvalue weighted by molar-refractivity contribution is 6.31. The predicted molar refractivity (Wildman–Crippen MR) is 82.1 cm³/mol. The number of nitrogens with one attached hydrogen (secondary N) is 1. The van der Waals surface area contributed by atoms with Crippen molar-refractivity contribution in [2.45, 2.75) is 33.6 Å². The first-order valence-corrected chi connectivity index (χ1v) is 7.34. The molecule has 0 bridgehead atoms. The molecule has 0 atom stereocenters. The summed E-state index contributed by atoms with van der Waals surface area (Å²) in [6, 6.07) is 5.42. The standard InChI is InChI=1S/C15H23ClN2O/c1-4-7-10-18(6-3)15(19)13-11-12(16)8-9-14(13)17-5-2/h8-9,11,17H,4-7,10H2,1-3H3. The lowest BCUT2D eigenvalue weighted by molar-refractivity contribution is 0.0763. The monoisotopic (exact) mass is 282 g/mol. The Morgan fingerprint density at radius 1 is 1.32 bits per heavy atom. The summed E-state index contributed by atoms with van der Waals surface area (Å²) in [6.07, 6.45) is 2.11. The van der Waals surface area contributed by atoms with Gasteiger partial charge < -0.3 is 10.2 Å². The Morgan fingerprint density at radius 3 is 2.63 bits per heavy atom. The second-order valence-corrected chi connectivity index (χ2v) is 4.90. The van der Waals surface area contributed by atoms with E-state index in [1.165, 1.54) is 0 Å². The Hall–Kier alpha value is -1.22. The number of carbonyl (C=O) groups excluding carboxylic acids is 1. The zero-order chi connectivity index (χ0) is 14.3. The van der Waals surface area contributed by atoms with Crippen LogP contribution in [0.15, 0.2) is 18.2 Å². The molecule has 1 N–H and O–H groups in total. The van der Waals surface area contributed by atoms with Crippen molar-refractivity contribution < 1.29 is 4.79 Å². The van der Waals surface area contributed by atoms with Crippen molar-refractivity contribution in [3.63, 3.8) is 0 Å². The summed E-state index contributed by atoms with van der Waals surface area (Å²) in [7, 11) is 0. The highest BCUT2D eigenvalue weighted by Crippen LogP contribution is 2.22. The van der Waals surface area contributed by atoms with E-state index >= 15 is 0 Å². The number of hydrogen-bond donors (Lipinski definition) is 1. The molecule has 1 rings (SSSR count). The number of halogens is 1. The zero-order valence-electron chi connectivity index (χ0n) is 12.0. The van der Waals surface area contributed by atoms with E-state index in [2.05, 4.69) is 12.2 Å². The lowest BCUT2D eigenvalue weighted by Gasteiger charge is -2.22. The van der Waals surface area contributed by atoms with Crippen molar-refractivity contribution >= 4 is 23.2 Å². The van der Waals surface area contributed by atoms with Crippen LogP contribution < -0.4 is 5.32 Å². The Labute approximate surface area is 120 Å². The van der Waals surface area contributed by atoms with Crippen LogP contribution in [-0.2, 0) is 0 Å². The molecule has 0 fully saturated rings. The first-order chi connectivity index (χ1) is 9.13.